The molecule has 0 spiro atoms. The number of aliphatic hydroxyl groups excluding tert-OH is 1. The Kier molecular flexibility index (Phi) is 6.05. The molecule has 1 rings (SSSR count). The monoisotopic (exact) mass is 341 g/mol. The van der Waals surface area contributed by atoms with Gasteiger partial charge in [0.25, 0.3) is 5.91 Å². The molecule has 7 heteroatoms. The van der Waals surface area contributed by atoms with Gasteiger partial charge in [-0.3, -0.25) is 4.79 Å². The minimum absolute atomic E-state index is 0.114. The zero-order valence-electron chi connectivity index (χ0n) is 8.67. The molecule has 1 aromatic rings. The maximum Gasteiger partial charge on any atom is 0.258 e. The van der Waals surface area contributed by atoms with Crippen molar-refractivity contribution in [1.82, 2.24) is 5.32 Å². The molecule has 0 bridgehead atoms. The number of amides is 1. The van der Waals surface area contributed by atoms with E-state index in [1.54, 1.807) is 6.07 Å². The largest absolute Gasteiger partial charge is 0.482 e. The number of rotatable bonds is 5. The number of halogens is 3. The molecule has 0 heterocycles. The molecular formula is C10H10BrCl2NO3. The molecular weight excluding hydrogens is 333 g/mol. The Labute approximate surface area is 117 Å². The molecule has 0 saturated heterocycles. The molecule has 0 atom stereocenters. The van der Waals surface area contributed by atoms with Crippen LogP contribution in [0, 0.1) is 0 Å². The molecule has 0 unspecified atom stereocenters. The van der Waals surface area contributed by atoms with E-state index in [2.05, 4.69) is 21.2 Å². The van der Waals surface area contributed by atoms with Crippen molar-refractivity contribution in [2.75, 3.05) is 19.8 Å². The predicted molar refractivity (Wildman–Crippen MR) is 69.8 cm³/mol. The topological polar surface area (TPSA) is 58.6 Å². The van der Waals surface area contributed by atoms with Crippen LogP contribution in [0.4, 0.5) is 0 Å². The molecule has 1 amide bonds. The maximum absolute atomic E-state index is 11.2. The van der Waals surface area contributed by atoms with E-state index in [1.165, 1.54) is 6.07 Å². The highest BCUT2D eigenvalue weighted by Crippen LogP contribution is 2.33. The van der Waals surface area contributed by atoms with Crippen LogP contribution in [0.25, 0.3) is 0 Å². The normalized spacial score (nSPS) is 10.1. The molecule has 0 aromatic heterocycles. The zero-order valence-corrected chi connectivity index (χ0v) is 11.8. The minimum atomic E-state index is -0.339. The smallest absolute Gasteiger partial charge is 0.258 e. The van der Waals surface area contributed by atoms with Gasteiger partial charge in [0.1, 0.15) is 5.75 Å². The highest BCUT2D eigenvalue weighted by molar-refractivity contribution is 9.10. The lowest BCUT2D eigenvalue weighted by Crippen LogP contribution is -2.31. The predicted octanol–water partition coefficient (Wildman–Crippen LogP) is 2.24. The third-order valence-corrected chi connectivity index (χ3v) is 3.26. The van der Waals surface area contributed by atoms with Crippen LogP contribution in [0.15, 0.2) is 16.6 Å². The van der Waals surface area contributed by atoms with Crippen LogP contribution in [-0.2, 0) is 4.79 Å². The van der Waals surface area contributed by atoms with Crippen molar-refractivity contribution >= 4 is 45.0 Å². The van der Waals surface area contributed by atoms with Gasteiger partial charge in [0.05, 0.1) is 16.7 Å². The summed E-state index contributed by atoms with van der Waals surface area (Å²) in [5.74, 6) is -0.00632. The molecule has 4 nitrogen and oxygen atoms in total. The van der Waals surface area contributed by atoms with Gasteiger partial charge in [-0.2, -0.15) is 0 Å². The average Bonchev–Trinajstić information content (AvgIpc) is 2.29. The molecule has 1 aromatic carbocycles. The average molecular weight is 343 g/mol. The summed E-state index contributed by atoms with van der Waals surface area (Å²) < 4.78 is 5.85. The highest BCUT2D eigenvalue weighted by Gasteiger charge is 2.08. The van der Waals surface area contributed by atoms with Crippen LogP contribution < -0.4 is 10.1 Å². The van der Waals surface area contributed by atoms with Crippen molar-refractivity contribution in [1.29, 1.82) is 0 Å². The van der Waals surface area contributed by atoms with Gasteiger partial charge in [0.15, 0.2) is 6.61 Å². The summed E-state index contributed by atoms with van der Waals surface area (Å²) in [6.45, 7) is -0.106. The number of hydrogen-bond acceptors (Lipinski definition) is 3. The van der Waals surface area contributed by atoms with Crippen molar-refractivity contribution in [3.05, 3.63) is 26.7 Å². The van der Waals surface area contributed by atoms with Gasteiger partial charge in [-0.25, -0.2) is 0 Å². The third kappa shape index (κ3) is 4.71. The first-order chi connectivity index (χ1) is 8.04. The van der Waals surface area contributed by atoms with Crippen molar-refractivity contribution in [2.45, 2.75) is 0 Å². The summed E-state index contributed by atoms with van der Waals surface area (Å²) in [7, 11) is 0. The summed E-state index contributed by atoms with van der Waals surface area (Å²) in [4.78, 5) is 11.2. The van der Waals surface area contributed by atoms with E-state index in [9.17, 15) is 4.79 Å². The summed E-state index contributed by atoms with van der Waals surface area (Å²) in [5, 5.41) is 11.8. The van der Waals surface area contributed by atoms with Crippen LogP contribution in [0.1, 0.15) is 0 Å². The molecule has 17 heavy (non-hydrogen) atoms. The highest BCUT2D eigenvalue weighted by atomic mass is 79.9. The Morgan fingerprint density at radius 3 is 2.76 bits per heavy atom. The van der Waals surface area contributed by atoms with E-state index in [-0.39, 0.29) is 25.7 Å². The molecule has 0 saturated carbocycles. The number of aliphatic hydroxyl groups is 1. The lowest BCUT2D eigenvalue weighted by Gasteiger charge is -2.09. The Morgan fingerprint density at radius 2 is 2.12 bits per heavy atom. The first-order valence-corrected chi connectivity index (χ1v) is 6.24. The second kappa shape index (κ2) is 7.06. The third-order valence-electron chi connectivity index (χ3n) is 1.77. The van der Waals surface area contributed by atoms with E-state index in [4.69, 9.17) is 33.0 Å². The number of ether oxygens (including phenoxy) is 1. The van der Waals surface area contributed by atoms with E-state index >= 15 is 0 Å². The van der Waals surface area contributed by atoms with E-state index in [1.807, 2.05) is 0 Å². The van der Waals surface area contributed by atoms with E-state index < -0.39 is 0 Å². The number of nitrogens with one attached hydrogen (secondary N) is 1. The molecule has 2 N–H and O–H groups in total. The Bertz CT molecular complexity index is 415. The molecule has 0 radical (unpaired) electrons. The fourth-order valence-electron chi connectivity index (χ4n) is 1.00. The Hall–Kier alpha value is -0.490. The van der Waals surface area contributed by atoms with E-state index in [0.717, 1.165) is 0 Å². The second-order valence-corrected chi connectivity index (χ2v) is 4.73. The second-order valence-electron chi connectivity index (χ2n) is 3.06. The first kappa shape index (κ1) is 14.6. The van der Waals surface area contributed by atoms with Crippen LogP contribution in [0.3, 0.4) is 0 Å². The van der Waals surface area contributed by atoms with Gasteiger partial charge in [-0.05, 0) is 22.0 Å². The van der Waals surface area contributed by atoms with Gasteiger partial charge in [-0.1, -0.05) is 23.2 Å². The molecule has 0 fully saturated rings. The maximum atomic E-state index is 11.2. The Balaban J connectivity index is 2.57. The minimum Gasteiger partial charge on any atom is -0.482 e. The molecule has 0 aliphatic heterocycles. The van der Waals surface area contributed by atoms with Crippen molar-refractivity contribution in [3.8, 4) is 5.75 Å². The quantitative estimate of drug-likeness (QED) is 0.807. The summed E-state index contributed by atoms with van der Waals surface area (Å²) in [5.41, 5.74) is 0. The SMILES string of the molecule is O=C(COc1cc(Cl)c(Br)cc1Cl)NCCO. The standard InChI is InChI=1S/C10H10BrCl2NO3/c11-6-3-8(13)9(4-7(6)12)17-5-10(16)14-1-2-15/h3-4,15H,1-2,5H2,(H,14,16). The molecule has 94 valence electrons. The molecule has 0 aliphatic rings. The van der Waals surface area contributed by atoms with Gasteiger partial charge < -0.3 is 15.2 Å². The lowest BCUT2D eigenvalue weighted by molar-refractivity contribution is -0.123. The fraction of sp³-hybridized carbons (Fsp3) is 0.300. The lowest BCUT2D eigenvalue weighted by atomic mass is 10.3. The summed E-state index contributed by atoms with van der Waals surface area (Å²) in [6.07, 6.45) is 0. The van der Waals surface area contributed by atoms with Crippen LogP contribution in [-0.4, -0.2) is 30.8 Å². The van der Waals surface area contributed by atoms with Gasteiger partial charge in [-0.15, -0.1) is 0 Å². The zero-order chi connectivity index (χ0) is 12.8. The van der Waals surface area contributed by atoms with E-state index in [0.29, 0.717) is 20.3 Å². The first-order valence-electron chi connectivity index (χ1n) is 4.69. The van der Waals surface area contributed by atoms with Gasteiger partial charge in [0.2, 0.25) is 0 Å². The Morgan fingerprint density at radius 1 is 1.41 bits per heavy atom. The number of benzene rings is 1. The van der Waals surface area contributed by atoms with Gasteiger partial charge >= 0.3 is 0 Å². The number of carbonyl (C=O) groups is 1. The van der Waals surface area contributed by atoms with Crippen LogP contribution in [0.5, 0.6) is 5.75 Å². The van der Waals surface area contributed by atoms with Gasteiger partial charge in [0, 0.05) is 17.1 Å². The van der Waals surface area contributed by atoms with Crippen LogP contribution in [0.2, 0.25) is 10.0 Å². The van der Waals surface area contributed by atoms with Crippen LogP contribution >= 0.6 is 39.1 Å². The number of carbonyl (C=O) groups excluding carboxylic acids is 1. The fourth-order valence-corrected chi connectivity index (χ4v) is 1.85. The van der Waals surface area contributed by atoms with Crippen molar-refractivity contribution < 1.29 is 14.6 Å². The summed E-state index contributed by atoms with van der Waals surface area (Å²) >= 11 is 15.0. The van der Waals surface area contributed by atoms with Crippen molar-refractivity contribution in [3.63, 3.8) is 0 Å². The number of hydrogen-bond donors (Lipinski definition) is 2. The summed E-state index contributed by atoms with van der Waals surface area (Å²) in [6, 6.07) is 3.11. The van der Waals surface area contributed by atoms with Crippen molar-refractivity contribution in [2.24, 2.45) is 0 Å². The molecule has 0 aliphatic carbocycles.